The Morgan fingerprint density at radius 1 is 1.08 bits per heavy atom. The number of carbonyl (C=O) groups is 1. The highest BCUT2D eigenvalue weighted by atomic mass is 16.5. The second-order valence-electron chi connectivity index (χ2n) is 6.03. The van der Waals surface area contributed by atoms with Gasteiger partial charge in [0.2, 0.25) is 5.91 Å². The van der Waals surface area contributed by atoms with Crippen LogP contribution in [0.5, 0.6) is 5.75 Å². The third-order valence-electron chi connectivity index (χ3n) is 3.34. The monoisotopic (exact) mass is 334 g/mol. The molecule has 0 aliphatic rings. The van der Waals surface area contributed by atoms with E-state index in [2.05, 4.69) is 20.9 Å². The topological polar surface area (TPSA) is 74.8 Å². The van der Waals surface area contributed by atoms with Crippen LogP contribution in [0.15, 0.2) is 35.3 Å². The van der Waals surface area contributed by atoms with Crippen LogP contribution in [0, 0.1) is 5.41 Å². The first-order valence-corrected chi connectivity index (χ1v) is 8.48. The van der Waals surface area contributed by atoms with Crippen molar-refractivity contribution in [2.75, 3.05) is 32.8 Å². The second kappa shape index (κ2) is 10.5. The van der Waals surface area contributed by atoms with E-state index < -0.39 is 5.41 Å². The molecule has 0 spiro atoms. The van der Waals surface area contributed by atoms with E-state index in [9.17, 15) is 4.79 Å². The van der Waals surface area contributed by atoms with Crippen molar-refractivity contribution >= 4 is 11.9 Å². The van der Waals surface area contributed by atoms with Crippen molar-refractivity contribution in [2.45, 2.75) is 27.7 Å². The number of nitrogens with zero attached hydrogens (tertiary/aromatic N) is 1. The summed E-state index contributed by atoms with van der Waals surface area (Å²) in [6, 6.07) is 9.69. The summed E-state index contributed by atoms with van der Waals surface area (Å²) >= 11 is 0. The summed E-state index contributed by atoms with van der Waals surface area (Å²) in [7, 11) is 0. The van der Waals surface area contributed by atoms with Crippen LogP contribution < -0.4 is 20.7 Å². The molecule has 6 nitrogen and oxygen atoms in total. The smallest absolute Gasteiger partial charge is 0.227 e. The molecule has 0 aliphatic heterocycles. The van der Waals surface area contributed by atoms with Gasteiger partial charge in [0.25, 0.3) is 0 Å². The van der Waals surface area contributed by atoms with E-state index in [0.717, 1.165) is 12.3 Å². The van der Waals surface area contributed by atoms with Crippen LogP contribution in [0.2, 0.25) is 0 Å². The van der Waals surface area contributed by atoms with Crippen LogP contribution in [0.1, 0.15) is 27.7 Å². The standard InChI is InChI=1S/C18H30N4O2/c1-5-19-16(23)18(3,4)14-22-17(20-6-2)21-12-13-24-15-10-8-7-9-11-15/h7-11H,5-6,12-14H2,1-4H3,(H,19,23)(H2,20,21,22). The molecular weight excluding hydrogens is 304 g/mol. The van der Waals surface area contributed by atoms with Gasteiger partial charge in [0.15, 0.2) is 5.96 Å². The lowest BCUT2D eigenvalue weighted by atomic mass is 9.92. The number of rotatable bonds is 9. The van der Waals surface area contributed by atoms with Gasteiger partial charge >= 0.3 is 0 Å². The van der Waals surface area contributed by atoms with Crippen LogP contribution in [-0.4, -0.2) is 44.7 Å². The normalized spacial score (nSPS) is 11.8. The second-order valence-corrected chi connectivity index (χ2v) is 6.03. The molecule has 0 fully saturated rings. The molecule has 134 valence electrons. The van der Waals surface area contributed by atoms with E-state index in [1.807, 2.05) is 58.0 Å². The maximum Gasteiger partial charge on any atom is 0.227 e. The van der Waals surface area contributed by atoms with Gasteiger partial charge in [0, 0.05) is 13.1 Å². The summed E-state index contributed by atoms with van der Waals surface area (Å²) in [6.45, 7) is 10.7. The van der Waals surface area contributed by atoms with Crippen molar-refractivity contribution < 1.29 is 9.53 Å². The average molecular weight is 334 g/mol. The van der Waals surface area contributed by atoms with Gasteiger partial charge in [-0.2, -0.15) is 0 Å². The van der Waals surface area contributed by atoms with E-state index in [1.165, 1.54) is 0 Å². The molecule has 0 heterocycles. The zero-order valence-electron chi connectivity index (χ0n) is 15.2. The molecule has 3 N–H and O–H groups in total. The minimum absolute atomic E-state index is 0.0111. The largest absolute Gasteiger partial charge is 0.492 e. The molecule has 0 aromatic heterocycles. The molecule has 1 aromatic rings. The number of para-hydroxylation sites is 1. The van der Waals surface area contributed by atoms with Crippen molar-refractivity contribution in [2.24, 2.45) is 10.4 Å². The summed E-state index contributed by atoms with van der Waals surface area (Å²) in [5.41, 5.74) is -0.543. The van der Waals surface area contributed by atoms with Crippen molar-refractivity contribution in [3.8, 4) is 5.75 Å². The van der Waals surface area contributed by atoms with Gasteiger partial charge in [-0.05, 0) is 39.8 Å². The highest BCUT2D eigenvalue weighted by Crippen LogP contribution is 2.15. The number of aliphatic imine (C=N–C) groups is 1. The maximum absolute atomic E-state index is 12.0. The Labute approximate surface area is 145 Å². The zero-order valence-corrected chi connectivity index (χ0v) is 15.2. The van der Waals surface area contributed by atoms with Gasteiger partial charge in [-0.15, -0.1) is 0 Å². The number of amides is 1. The summed E-state index contributed by atoms with van der Waals surface area (Å²) < 4.78 is 5.64. The predicted molar refractivity (Wildman–Crippen MR) is 98.4 cm³/mol. The Morgan fingerprint density at radius 2 is 1.75 bits per heavy atom. The lowest BCUT2D eigenvalue weighted by molar-refractivity contribution is -0.128. The molecule has 1 amide bonds. The number of guanidine groups is 1. The Morgan fingerprint density at radius 3 is 2.38 bits per heavy atom. The summed E-state index contributed by atoms with van der Waals surface area (Å²) in [6.07, 6.45) is 0. The first-order valence-electron chi connectivity index (χ1n) is 8.48. The van der Waals surface area contributed by atoms with Crippen molar-refractivity contribution in [1.29, 1.82) is 0 Å². The summed E-state index contributed by atoms with van der Waals surface area (Å²) in [5, 5.41) is 9.24. The van der Waals surface area contributed by atoms with Gasteiger partial charge in [-0.1, -0.05) is 18.2 Å². The van der Waals surface area contributed by atoms with Crippen LogP contribution in [0.3, 0.4) is 0 Å². The first-order chi connectivity index (χ1) is 11.5. The number of ether oxygens (including phenoxy) is 1. The van der Waals surface area contributed by atoms with Crippen LogP contribution >= 0.6 is 0 Å². The first kappa shape index (κ1) is 19.8. The number of nitrogens with one attached hydrogen (secondary N) is 3. The molecule has 6 heteroatoms. The lowest BCUT2D eigenvalue weighted by Crippen LogP contribution is -2.42. The van der Waals surface area contributed by atoms with Gasteiger partial charge in [0.1, 0.15) is 12.4 Å². The van der Waals surface area contributed by atoms with E-state index >= 15 is 0 Å². The minimum atomic E-state index is -0.543. The highest BCUT2D eigenvalue weighted by Gasteiger charge is 2.26. The fourth-order valence-electron chi connectivity index (χ4n) is 1.95. The molecule has 0 bridgehead atoms. The Balaban J connectivity index is 2.46. The molecule has 1 rings (SSSR count). The van der Waals surface area contributed by atoms with E-state index in [-0.39, 0.29) is 5.91 Å². The quantitative estimate of drug-likeness (QED) is 0.366. The Bertz CT molecular complexity index is 515. The van der Waals surface area contributed by atoms with Crippen LogP contribution in [0.25, 0.3) is 0 Å². The van der Waals surface area contributed by atoms with Gasteiger partial charge in [0.05, 0.1) is 18.5 Å². The van der Waals surface area contributed by atoms with Crippen molar-refractivity contribution in [3.63, 3.8) is 0 Å². The van der Waals surface area contributed by atoms with E-state index in [0.29, 0.717) is 32.2 Å². The van der Waals surface area contributed by atoms with E-state index in [1.54, 1.807) is 0 Å². The molecular formula is C18H30N4O2. The molecule has 0 saturated heterocycles. The van der Waals surface area contributed by atoms with Crippen molar-refractivity contribution in [1.82, 2.24) is 16.0 Å². The number of carbonyl (C=O) groups excluding carboxylic acids is 1. The molecule has 1 aromatic carbocycles. The molecule has 24 heavy (non-hydrogen) atoms. The maximum atomic E-state index is 12.0. The molecule has 0 unspecified atom stereocenters. The molecule has 0 aliphatic carbocycles. The fourth-order valence-corrected chi connectivity index (χ4v) is 1.95. The third kappa shape index (κ3) is 7.35. The van der Waals surface area contributed by atoms with Crippen molar-refractivity contribution in [3.05, 3.63) is 30.3 Å². The summed E-state index contributed by atoms with van der Waals surface area (Å²) in [5.74, 6) is 1.54. The summed E-state index contributed by atoms with van der Waals surface area (Å²) in [4.78, 5) is 16.5. The Kier molecular flexibility index (Phi) is 8.68. The number of hydrogen-bond donors (Lipinski definition) is 3. The zero-order chi connectivity index (χ0) is 17.8. The molecule has 0 atom stereocenters. The third-order valence-corrected chi connectivity index (χ3v) is 3.34. The van der Waals surface area contributed by atoms with E-state index in [4.69, 9.17) is 4.74 Å². The van der Waals surface area contributed by atoms with Crippen LogP contribution in [0.4, 0.5) is 0 Å². The molecule has 0 radical (unpaired) electrons. The highest BCUT2D eigenvalue weighted by molar-refractivity contribution is 5.83. The predicted octanol–water partition coefficient (Wildman–Crippen LogP) is 1.78. The fraction of sp³-hybridized carbons (Fsp3) is 0.556. The van der Waals surface area contributed by atoms with Crippen LogP contribution in [-0.2, 0) is 4.79 Å². The van der Waals surface area contributed by atoms with Gasteiger partial charge < -0.3 is 20.7 Å². The van der Waals surface area contributed by atoms with Gasteiger partial charge in [-0.3, -0.25) is 9.79 Å². The number of benzene rings is 1. The minimum Gasteiger partial charge on any atom is -0.492 e. The SMILES string of the molecule is CCNC(=O)C(C)(C)CN=C(NCC)NCCOc1ccccc1. The lowest BCUT2D eigenvalue weighted by Gasteiger charge is -2.22. The average Bonchev–Trinajstić information content (AvgIpc) is 2.57. The molecule has 0 saturated carbocycles. The Hall–Kier alpha value is -2.24. The number of hydrogen-bond acceptors (Lipinski definition) is 3. The van der Waals surface area contributed by atoms with Gasteiger partial charge in [-0.25, -0.2) is 0 Å².